The summed E-state index contributed by atoms with van der Waals surface area (Å²) < 4.78 is 12.0. The van der Waals surface area contributed by atoms with Gasteiger partial charge in [-0.3, -0.25) is 14.3 Å². The molecule has 0 saturated carbocycles. The van der Waals surface area contributed by atoms with Crippen molar-refractivity contribution in [2.45, 2.75) is 19.9 Å². The van der Waals surface area contributed by atoms with Crippen LogP contribution in [0.25, 0.3) is 0 Å². The Morgan fingerprint density at radius 3 is 2.65 bits per heavy atom. The van der Waals surface area contributed by atoms with Gasteiger partial charge in [-0.15, -0.1) is 0 Å². The van der Waals surface area contributed by atoms with Gasteiger partial charge in [0.05, 0.1) is 0 Å². The maximum Gasteiger partial charge on any atom is 0.348 e. The first-order valence-electron chi connectivity index (χ1n) is 5.89. The zero-order valence-electron chi connectivity index (χ0n) is 10.9. The van der Waals surface area contributed by atoms with Gasteiger partial charge >= 0.3 is 13.3 Å². The number of H-pyrrole nitrogens is 1. The van der Waals surface area contributed by atoms with E-state index in [4.69, 9.17) is 14.9 Å². The Kier molecular flexibility index (Phi) is 5.64. The molecule has 112 valence electrons. The van der Waals surface area contributed by atoms with Crippen LogP contribution in [0, 0.1) is 12.8 Å². The van der Waals surface area contributed by atoms with Gasteiger partial charge in [0, 0.05) is 36.6 Å². The fourth-order valence-corrected chi connectivity index (χ4v) is 2.04. The Labute approximate surface area is 114 Å². The number of rotatable bonds is 6. The maximum atomic E-state index is 11.5. The molecule has 0 aliphatic carbocycles. The summed E-state index contributed by atoms with van der Waals surface area (Å²) in [6, 6.07) is 0. The first-order valence-corrected chi connectivity index (χ1v) is 7.57. The molecule has 0 unspecified atom stereocenters. The number of aryl methyl sites for hydroxylation is 2. The molecule has 1 atom stereocenters. The van der Waals surface area contributed by atoms with Gasteiger partial charge in [-0.25, -0.2) is 4.79 Å². The van der Waals surface area contributed by atoms with Gasteiger partial charge in [-0.05, 0) is 13.3 Å². The fraction of sp³-hybridized carbons (Fsp3) is 0.455. The molecule has 9 heteroatoms. The second kappa shape index (κ2) is 6.81. The smallest absolute Gasteiger partial charge is 0.348 e. The summed E-state index contributed by atoms with van der Waals surface area (Å²) in [5, 5.41) is 9.12. The highest BCUT2D eigenvalue weighted by atomic mass is 31.2. The van der Waals surface area contributed by atoms with Crippen molar-refractivity contribution >= 4 is 7.60 Å². The van der Waals surface area contributed by atoms with Crippen LogP contribution in [0.5, 0.6) is 0 Å². The van der Waals surface area contributed by atoms with Crippen LogP contribution in [0.3, 0.4) is 0 Å². The summed E-state index contributed by atoms with van der Waals surface area (Å²) in [7, 11) is -4.26. The number of hydrogen-bond donors (Lipinski definition) is 4. The summed E-state index contributed by atoms with van der Waals surface area (Å²) in [6.07, 6.45) is 2.94. The van der Waals surface area contributed by atoms with Gasteiger partial charge in [0.15, 0.2) is 0 Å². The molecular formula is C11H17N2O6P. The third-order valence-electron chi connectivity index (χ3n) is 2.72. The number of nitrogens with one attached hydrogen (secondary N) is 1. The molecule has 0 radical (unpaired) electrons. The minimum absolute atomic E-state index is 0.215. The van der Waals surface area contributed by atoms with Crippen LogP contribution in [-0.2, 0) is 11.1 Å². The van der Waals surface area contributed by atoms with E-state index in [1.54, 1.807) is 6.92 Å². The number of aromatic amines is 1. The van der Waals surface area contributed by atoms with E-state index in [2.05, 4.69) is 4.98 Å². The molecule has 8 nitrogen and oxygen atoms in total. The van der Waals surface area contributed by atoms with Crippen LogP contribution in [0.4, 0.5) is 0 Å². The third kappa shape index (κ3) is 5.26. The highest BCUT2D eigenvalue weighted by Crippen LogP contribution is 2.36. The molecule has 0 aromatic carbocycles. The summed E-state index contributed by atoms with van der Waals surface area (Å²) in [4.78, 5) is 42.3. The van der Waals surface area contributed by atoms with Crippen molar-refractivity contribution in [3.05, 3.63) is 44.5 Å². The average molecular weight is 304 g/mol. The van der Waals surface area contributed by atoms with Crippen molar-refractivity contribution in [2.75, 3.05) is 6.61 Å². The summed E-state index contributed by atoms with van der Waals surface area (Å²) >= 11 is 0. The van der Waals surface area contributed by atoms with Gasteiger partial charge in [0.25, 0.3) is 5.56 Å². The minimum atomic E-state index is -4.26. The largest absolute Gasteiger partial charge is 0.396 e. The van der Waals surface area contributed by atoms with Crippen molar-refractivity contribution in [1.29, 1.82) is 0 Å². The van der Waals surface area contributed by atoms with Crippen molar-refractivity contribution in [3.8, 4) is 0 Å². The van der Waals surface area contributed by atoms with E-state index in [-0.39, 0.29) is 13.2 Å². The van der Waals surface area contributed by atoms with Gasteiger partial charge < -0.3 is 19.5 Å². The Hall–Kier alpha value is -1.47. The number of nitrogens with zero attached hydrogens (tertiary/aromatic N) is 1. The zero-order valence-corrected chi connectivity index (χ0v) is 11.8. The summed E-state index contributed by atoms with van der Waals surface area (Å²) in [5.41, 5.74) is -0.626. The van der Waals surface area contributed by atoms with E-state index in [1.165, 1.54) is 16.8 Å². The zero-order chi connectivity index (χ0) is 15.3. The van der Waals surface area contributed by atoms with Crippen LogP contribution in [0.15, 0.2) is 27.7 Å². The van der Waals surface area contributed by atoms with E-state index < -0.39 is 24.8 Å². The fourth-order valence-electron chi connectivity index (χ4n) is 1.57. The van der Waals surface area contributed by atoms with Crippen molar-refractivity contribution in [2.24, 2.45) is 5.92 Å². The Balaban J connectivity index is 2.77. The molecule has 1 aromatic heterocycles. The Morgan fingerprint density at radius 2 is 2.10 bits per heavy atom. The van der Waals surface area contributed by atoms with E-state index in [0.717, 1.165) is 5.82 Å². The first-order chi connectivity index (χ1) is 9.23. The van der Waals surface area contributed by atoms with Crippen molar-refractivity contribution in [3.63, 3.8) is 0 Å². The molecule has 1 heterocycles. The average Bonchev–Trinajstić information content (AvgIpc) is 2.34. The number of aliphatic hydroxyl groups excluding tert-OH is 1. The minimum Gasteiger partial charge on any atom is -0.396 e. The second-order valence-electron chi connectivity index (χ2n) is 4.43. The van der Waals surface area contributed by atoms with Gasteiger partial charge in [-0.2, -0.15) is 0 Å². The maximum absolute atomic E-state index is 11.5. The molecule has 0 spiro atoms. The molecule has 0 amide bonds. The highest BCUT2D eigenvalue weighted by molar-refractivity contribution is 7.55. The highest BCUT2D eigenvalue weighted by Gasteiger charge is 2.10. The molecule has 0 aliphatic rings. The van der Waals surface area contributed by atoms with Crippen LogP contribution in [0.2, 0.25) is 0 Å². The molecule has 0 fully saturated rings. The van der Waals surface area contributed by atoms with E-state index in [0.29, 0.717) is 12.0 Å². The van der Waals surface area contributed by atoms with Crippen LogP contribution < -0.4 is 11.2 Å². The lowest BCUT2D eigenvalue weighted by Crippen LogP contribution is -2.31. The van der Waals surface area contributed by atoms with E-state index in [1.807, 2.05) is 0 Å². The predicted octanol–water partition coefficient (Wildman–Crippen LogP) is -0.465. The first kappa shape index (κ1) is 16.6. The second-order valence-corrected chi connectivity index (χ2v) is 5.90. The van der Waals surface area contributed by atoms with Gasteiger partial charge in [0.1, 0.15) is 0 Å². The topological polar surface area (TPSA) is 133 Å². The summed E-state index contributed by atoms with van der Waals surface area (Å²) in [5.74, 6) is 0.246. The Bertz CT molecular complexity index is 641. The van der Waals surface area contributed by atoms with E-state index in [9.17, 15) is 14.2 Å². The normalized spacial score (nSPS) is 13.8. The van der Waals surface area contributed by atoms with Crippen LogP contribution in [-0.4, -0.2) is 31.1 Å². The SMILES string of the molecule is Cc1cn(CC[C@H](/C=C/P(=O)(O)O)CO)c(=O)[nH]c1=O. The van der Waals surface area contributed by atoms with E-state index >= 15 is 0 Å². The van der Waals surface area contributed by atoms with Crippen molar-refractivity contribution < 1.29 is 19.5 Å². The van der Waals surface area contributed by atoms with Crippen molar-refractivity contribution in [1.82, 2.24) is 9.55 Å². The molecule has 0 bridgehead atoms. The molecule has 0 aliphatic heterocycles. The summed E-state index contributed by atoms with van der Waals surface area (Å²) in [6.45, 7) is 1.48. The molecule has 0 saturated heterocycles. The number of aliphatic hydroxyl groups is 1. The standard InChI is InChI=1S/C11H17N2O6P/c1-8-6-13(11(16)12-10(8)15)4-2-9(7-14)3-5-20(17,18)19/h3,5-6,9,14H,2,4,7H2,1H3,(H,12,15,16)(H2,17,18,19)/b5-3+/t9-/m1/s1. The van der Waals surface area contributed by atoms with Gasteiger partial charge in [-0.1, -0.05) is 6.08 Å². The third-order valence-corrected chi connectivity index (χ3v) is 3.28. The Morgan fingerprint density at radius 1 is 1.45 bits per heavy atom. The lowest BCUT2D eigenvalue weighted by Gasteiger charge is -2.11. The number of hydrogen-bond acceptors (Lipinski definition) is 4. The number of aromatic nitrogens is 2. The van der Waals surface area contributed by atoms with Crippen LogP contribution in [0.1, 0.15) is 12.0 Å². The quantitative estimate of drug-likeness (QED) is 0.525. The molecule has 4 N–H and O–H groups in total. The molecule has 1 aromatic rings. The predicted molar refractivity (Wildman–Crippen MR) is 72.4 cm³/mol. The van der Waals surface area contributed by atoms with Gasteiger partial charge in [0.2, 0.25) is 0 Å². The lowest BCUT2D eigenvalue weighted by atomic mass is 10.1. The molecule has 20 heavy (non-hydrogen) atoms. The molecule has 1 rings (SSSR count). The monoisotopic (exact) mass is 304 g/mol. The molecular weight excluding hydrogens is 287 g/mol. The van der Waals surface area contributed by atoms with Crippen LogP contribution >= 0.6 is 7.60 Å². The lowest BCUT2D eigenvalue weighted by molar-refractivity contribution is 0.241.